The maximum Gasteiger partial charge on any atom is 0.339 e. The summed E-state index contributed by atoms with van der Waals surface area (Å²) in [4.78, 5) is 20.2. The third kappa shape index (κ3) is 3.36. The number of allylic oxidation sites excluding steroid dienone is 2. The first kappa shape index (κ1) is 16.2. The Morgan fingerprint density at radius 3 is 2.82 bits per heavy atom. The molecule has 0 spiro atoms. The molecule has 2 rings (SSSR count). The van der Waals surface area contributed by atoms with Crippen LogP contribution in [0.4, 0.5) is 5.82 Å². The predicted molar refractivity (Wildman–Crippen MR) is 88.4 cm³/mol. The van der Waals surface area contributed by atoms with Crippen LogP contribution in [0.25, 0.3) is 0 Å². The zero-order chi connectivity index (χ0) is 16.1. The zero-order valence-corrected chi connectivity index (χ0v) is 13.4. The second-order valence-corrected chi connectivity index (χ2v) is 5.44. The topological polar surface area (TPSA) is 56.7 Å². The van der Waals surface area contributed by atoms with Crippen molar-refractivity contribution in [2.75, 3.05) is 31.6 Å². The van der Waals surface area contributed by atoms with E-state index in [0.29, 0.717) is 5.82 Å². The monoisotopic (exact) mass is 301 g/mol. The number of hydrogen-bond donors (Lipinski definition) is 1. The van der Waals surface area contributed by atoms with Crippen LogP contribution in [0, 0.1) is 0 Å². The first-order chi connectivity index (χ1) is 10.6. The number of carbonyl (C=O) groups is 1. The molecule has 1 aromatic rings. The largest absolute Gasteiger partial charge is 0.478 e. The Labute approximate surface area is 131 Å². The zero-order valence-electron chi connectivity index (χ0n) is 13.4. The number of rotatable bonds is 4. The van der Waals surface area contributed by atoms with Crippen molar-refractivity contribution in [1.82, 2.24) is 9.88 Å². The van der Waals surface area contributed by atoms with Crippen LogP contribution in [0.2, 0.25) is 0 Å². The fraction of sp³-hybridized carbons (Fsp3) is 0.412. The summed E-state index contributed by atoms with van der Waals surface area (Å²) in [6.45, 7) is 6.49. The van der Waals surface area contributed by atoms with Crippen LogP contribution in [0.15, 0.2) is 42.1 Å². The third-order valence-electron chi connectivity index (χ3n) is 3.95. The smallest absolute Gasteiger partial charge is 0.339 e. The highest BCUT2D eigenvalue weighted by atomic mass is 16.4. The summed E-state index contributed by atoms with van der Waals surface area (Å²) in [6, 6.07) is 3.39. The molecule has 5 nitrogen and oxygen atoms in total. The summed E-state index contributed by atoms with van der Waals surface area (Å²) >= 11 is 0. The Bertz CT molecular complexity index is 595. The molecule has 1 aliphatic heterocycles. The Balaban J connectivity index is 2.44. The Kier molecular flexibility index (Phi) is 5.33. The van der Waals surface area contributed by atoms with Gasteiger partial charge in [0.05, 0.1) is 6.04 Å². The Morgan fingerprint density at radius 2 is 2.18 bits per heavy atom. The van der Waals surface area contributed by atoms with E-state index in [9.17, 15) is 9.90 Å². The molecule has 0 amide bonds. The van der Waals surface area contributed by atoms with Crippen LogP contribution in [0.5, 0.6) is 0 Å². The van der Waals surface area contributed by atoms with E-state index in [0.717, 1.165) is 19.6 Å². The van der Waals surface area contributed by atoms with Crippen LogP contribution >= 0.6 is 0 Å². The van der Waals surface area contributed by atoms with Crippen LogP contribution in [0.3, 0.4) is 0 Å². The maximum absolute atomic E-state index is 11.5. The van der Waals surface area contributed by atoms with Crippen LogP contribution in [0.1, 0.15) is 24.2 Å². The summed E-state index contributed by atoms with van der Waals surface area (Å²) in [5.41, 5.74) is 1.43. The Hall–Kier alpha value is -2.14. The fourth-order valence-corrected chi connectivity index (χ4v) is 2.84. The van der Waals surface area contributed by atoms with Crippen molar-refractivity contribution in [3.63, 3.8) is 0 Å². The number of piperazine rings is 1. The molecule has 2 heterocycles. The van der Waals surface area contributed by atoms with E-state index in [-0.39, 0.29) is 11.6 Å². The van der Waals surface area contributed by atoms with Crippen molar-refractivity contribution >= 4 is 11.8 Å². The molecule has 1 aliphatic rings. The molecular weight excluding hydrogens is 278 g/mol. The predicted octanol–water partition coefficient (Wildman–Crippen LogP) is 2.42. The molecule has 1 unspecified atom stereocenters. The number of carboxylic acid groups (broad SMARTS) is 1. The number of likely N-dealkylation sites (N-methyl/N-ethyl adjacent to an activating group) is 1. The summed E-state index contributed by atoms with van der Waals surface area (Å²) in [5, 5.41) is 9.43. The number of anilines is 1. The van der Waals surface area contributed by atoms with E-state index < -0.39 is 5.97 Å². The summed E-state index contributed by atoms with van der Waals surface area (Å²) < 4.78 is 0. The minimum Gasteiger partial charge on any atom is -0.478 e. The van der Waals surface area contributed by atoms with Crippen molar-refractivity contribution in [1.29, 1.82) is 0 Å². The molecule has 1 aromatic heterocycles. The molecule has 0 bridgehead atoms. The number of hydrogen-bond acceptors (Lipinski definition) is 4. The van der Waals surface area contributed by atoms with Gasteiger partial charge in [0.1, 0.15) is 11.4 Å². The molecule has 0 saturated carbocycles. The lowest BCUT2D eigenvalue weighted by molar-refractivity contribution is 0.0697. The van der Waals surface area contributed by atoms with E-state index in [2.05, 4.69) is 34.0 Å². The van der Waals surface area contributed by atoms with Gasteiger partial charge < -0.3 is 14.9 Å². The molecule has 5 heteroatoms. The van der Waals surface area contributed by atoms with Gasteiger partial charge in [-0.1, -0.05) is 18.2 Å². The van der Waals surface area contributed by atoms with Gasteiger partial charge in [-0.3, -0.25) is 0 Å². The molecule has 1 saturated heterocycles. The van der Waals surface area contributed by atoms with Gasteiger partial charge in [-0.05, 0) is 38.6 Å². The lowest BCUT2D eigenvalue weighted by Gasteiger charge is -2.42. The van der Waals surface area contributed by atoms with Gasteiger partial charge in [-0.2, -0.15) is 0 Å². The van der Waals surface area contributed by atoms with Crippen LogP contribution in [-0.4, -0.2) is 53.7 Å². The van der Waals surface area contributed by atoms with Crippen molar-refractivity contribution < 1.29 is 9.90 Å². The molecule has 1 atom stereocenters. The molecule has 22 heavy (non-hydrogen) atoms. The van der Waals surface area contributed by atoms with Crippen LogP contribution < -0.4 is 4.90 Å². The van der Waals surface area contributed by atoms with Gasteiger partial charge in [0.25, 0.3) is 0 Å². The maximum atomic E-state index is 11.5. The standard InChI is InChI=1S/C17H23N3O2/c1-4-7-13(5-2)15-12-19(3)10-11-20(15)16-14(17(21)22)8-6-9-18-16/h4-9,15H,10-12H2,1-3H3,(H,21,22)/b7-4-,13-5+. The minimum absolute atomic E-state index is 0.105. The fourth-order valence-electron chi connectivity index (χ4n) is 2.84. The molecule has 0 aliphatic carbocycles. The summed E-state index contributed by atoms with van der Waals surface area (Å²) in [7, 11) is 2.09. The van der Waals surface area contributed by atoms with E-state index in [4.69, 9.17) is 0 Å². The lowest BCUT2D eigenvalue weighted by Crippen LogP contribution is -2.53. The SMILES string of the molecule is C/C=C\C(=C/C)C1CN(C)CCN1c1ncccc1C(=O)O. The first-order valence-corrected chi connectivity index (χ1v) is 7.50. The molecule has 0 aromatic carbocycles. The summed E-state index contributed by atoms with van der Waals surface area (Å²) in [6.07, 6.45) is 7.83. The van der Waals surface area contributed by atoms with Gasteiger partial charge in [-0.25, -0.2) is 9.78 Å². The number of nitrogens with zero attached hydrogens (tertiary/aromatic N) is 3. The van der Waals surface area contributed by atoms with Gasteiger partial charge in [0, 0.05) is 25.8 Å². The van der Waals surface area contributed by atoms with Gasteiger partial charge in [0.2, 0.25) is 0 Å². The number of pyridine rings is 1. The van der Waals surface area contributed by atoms with E-state index in [1.54, 1.807) is 18.3 Å². The highest BCUT2D eigenvalue weighted by molar-refractivity contribution is 5.93. The van der Waals surface area contributed by atoms with E-state index in [1.807, 2.05) is 19.9 Å². The third-order valence-corrected chi connectivity index (χ3v) is 3.95. The van der Waals surface area contributed by atoms with Gasteiger partial charge in [-0.15, -0.1) is 0 Å². The summed E-state index contributed by atoms with van der Waals surface area (Å²) in [5.74, 6) is -0.384. The molecule has 118 valence electrons. The average Bonchev–Trinajstić information content (AvgIpc) is 2.52. The van der Waals surface area contributed by atoms with Crippen molar-refractivity contribution in [2.24, 2.45) is 0 Å². The van der Waals surface area contributed by atoms with Crippen molar-refractivity contribution in [3.8, 4) is 0 Å². The molecule has 1 fully saturated rings. The molecular formula is C17H23N3O2. The molecule has 0 radical (unpaired) electrons. The second kappa shape index (κ2) is 7.22. The van der Waals surface area contributed by atoms with E-state index in [1.165, 1.54) is 5.57 Å². The van der Waals surface area contributed by atoms with Gasteiger partial charge >= 0.3 is 5.97 Å². The van der Waals surface area contributed by atoms with Gasteiger partial charge in [0.15, 0.2) is 0 Å². The average molecular weight is 301 g/mol. The van der Waals surface area contributed by atoms with Crippen LogP contribution in [-0.2, 0) is 0 Å². The highest BCUT2D eigenvalue weighted by Crippen LogP contribution is 2.26. The Morgan fingerprint density at radius 1 is 1.41 bits per heavy atom. The highest BCUT2D eigenvalue weighted by Gasteiger charge is 2.30. The number of carboxylic acids is 1. The van der Waals surface area contributed by atoms with E-state index >= 15 is 0 Å². The quantitative estimate of drug-likeness (QED) is 0.866. The number of aromatic carboxylic acids is 1. The molecule has 1 N–H and O–H groups in total. The second-order valence-electron chi connectivity index (χ2n) is 5.44. The van der Waals surface area contributed by atoms with Crippen molar-refractivity contribution in [2.45, 2.75) is 19.9 Å². The minimum atomic E-state index is -0.936. The lowest BCUT2D eigenvalue weighted by atomic mass is 10.0. The normalized spacial score (nSPS) is 20.6. The van der Waals surface area contributed by atoms with Crippen molar-refractivity contribution in [3.05, 3.63) is 47.7 Å². The first-order valence-electron chi connectivity index (χ1n) is 7.50. The number of aromatic nitrogens is 1.